The molecule has 3 aliphatic rings. The first kappa shape index (κ1) is 25.4. The van der Waals surface area contributed by atoms with Crippen LogP contribution < -0.4 is 0 Å². The molecule has 32 heavy (non-hydrogen) atoms. The third kappa shape index (κ3) is 4.44. The van der Waals surface area contributed by atoms with Gasteiger partial charge in [0, 0.05) is 11.8 Å². The highest BCUT2D eigenvalue weighted by molar-refractivity contribution is 5.39. The number of aliphatic hydroxyl groups excluding tert-OH is 2. The van der Waals surface area contributed by atoms with E-state index in [1.54, 1.807) is 6.92 Å². The predicted molar refractivity (Wildman–Crippen MR) is 130 cm³/mol. The van der Waals surface area contributed by atoms with Crippen molar-refractivity contribution in [3.05, 3.63) is 47.6 Å². The second-order valence-corrected chi connectivity index (χ2v) is 11.4. The summed E-state index contributed by atoms with van der Waals surface area (Å²) in [5, 5.41) is 43.6. The minimum Gasteiger partial charge on any atom is -0.393 e. The van der Waals surface area contributed by atoms with Crippen molar-refractivity contribution < 1.29 is 20.4 Å². The number of aliphatic hydroxyl groups is 4. The normalized spacial score (nSPS) is 41.4. The fourth-order valence-corrected chi connectivity index (χ4v) is 6.25. The fourth-order valence-electron chi connectivity index (χ4n) is 6.25. The van der Waals surface area contributed by atoms with Crippen molar-refractivity contribution in [3.63, 3.8) is 0 Å². The van der Waals surface area contributed by atoms with Crippen LogP contribution in [0.5, 0.6) is 0 Å². The SMILES string of the molecule is C=C1C(=CC=C2CCC[C@@]3(C)C2CC[C@@]3(O)[C@@](C)(O)C=C[C@H](C)C(C)C)C[C@@H](O)C[C@H]1O. The molecule has 4 nitrogen and oxygen atoms in total. The Morgan fingerprint density at radius 2 is 1.84 bits per heavy atom. The van der Waals surface area contributed by atoms with Crippen molar-refractivity contribution in [2.24, 2.45) is 23.2 Å². The third-order valence-corrected chi connectivity index (χ3v) is 9.00. The summed E-state index contributed by atoms with van der Waals surface area (Å²) in [7, 11) is 0. The van der Waals surface area contributed by atoms with Gasteiger partial charge >= 0.3 is 0 Å². The van der Waals surface area contributed by atoms with Gasteiger partial charge in [0.2, 0.25) is 0 Å². The maximum atomic E-state index is 11.9. The molecule has 1 unspecified atom stereocenters. The summed E-state index contributed by atoms with van der Waals surface area (Å²) in [6.07, 6.45) is 11.9. The molecule has 0 aromatic rings. The van der Waals surface area contributed by atoms with E-state index < -0.39 is 28.8 Å². The molecule has 0 amide bonds. The zero-order chi connectivity index (χ0) is 23.9. The molecule has 0 saturated heterocycles. The maximum absolute atomic E-state index is 11.9. The molecule has 3 fully saturated rings. The van der Waals surface area contributed by atoms with Crippen LogP contribution in [0.3, 0.4) is 0 Å². The topological polar surface area (TPSA) is 80.9 Å². The fraction of sp³-hybridized carbons (Fsp3) is 0.714. The molecule has 4 N–H and O–H groups in total. The molecule has 0 spiro atoms. The van der Waals surface area contributed by atoms with Crippen molar-refractivity contribution in [1.29, 1.82) is 0 Å². The lowest BCUT2D eigenvalue weighted by atomic mass is 9.57. The number of hydrogen-bond donors (Lipinski definition) is 4. The summed E-state index contributed by atoms with van der Waals surface area (Å²) in [5.74, 6) is 1.01. The first-order valence-corrected chi connectivity index (χ1v) is 12.4. The van der Waals surface area contributed by atoms with Gasteiger partial charge in [0.05, 0.1) is 12.2 Å². The lowest BCUT2D eigenvalue weighted by molar-refractivity contribution is -0.179. The Morgan fingerprint density at radius 1 is 1.16 bits per heavy atom. The van der Waals surface area contributed by atoms with Crippen LogP contribution >= 0.6 is 0 Å². The van der Waals surface area contributed by atoms with Crippen LogP contribution in [-0.4, -0.2) is 43.8 Å². The molecule has 0 aliphatic heterocycles. The predicted octanol–water partition coefficient (Wildman–Crippen LogP) is 4.84. The van der Waals surface area contributed by atoms with Gasteiger partial charge in [0.1, 0.15) is 11.2 Å². The van der Waals surface area contributed by atoms with Gasteiger partial charge in [0.15, 0.2) is 0 Å². The van der Waals surface area contributed by atoms with Gasteiger partial charge < -0.3 is 20.4 Å². The van der Waals surface area contributed by atoms with Gasteiger partial charge in [-0.2, -0.15) is 0 Å². The molecule has 3 saturated carbocycles. The summed E-state index contributed by atoms with van der Waals surface area (Å²) in [4.78, 5) is 0. The second-order valence-electron chi connectivity index (χ2n) is 11.4. The molecule has 0 aromatic heterocycles. The van der Waals surface area contributed by atoms with E-state index in [0.717, 1.165) is 31.3 Å². The van der Waals surface area contributed by atoms with Gasteiger partial charge in [-0.05, 0) is 74.3 Å². The van der Waals surface area contributed by atoms with Gasteiger partial charge in [0.25, 0.3) is 0 Å². The van der Waals surface area contributed by atoms with Crippen molar-refractivity contribution in [2.45, 2.75) is 103 Å². The first-order valence-electron chi connectivity index (χ1n) is 12.4. The Kier molecular flexibility index (Phi) is 7.32. The zero-order valence-corrected chi connectivity index (χ0v) is 20.6. The number of allylic oxidation sites excluding steroid dienone is 4. The van der Waals surface area contributed by atoms with Gasteiger partial charge in [-0.15, -0.1) is 0 Å². The average molecular weight is 445 g/mol. The van der Waals surface area contributed by atoms with E-state index in [-0.39, 0.29) is 5.92 Å². The van der Waals surface area contributed by atoms with E-state index >= 15 is 0 Å². The smallest absolute Gasteiger partial charge is 0.109 e. The highest BCUT2D eigenvalue weighted by Gasteiger charge is 2.64. The van der Waals surface area contributed by atoms with Crippen molar-refractivity contribution in [3.8, 4) is 0 Å². The molecule has 0 aromatic carbocycles. The van der Waals surface area contributed by atoms with Crippen LogP contribution in [0, 0.1) is 23.2 Å². The Hall–Kier alpha value is -1.20. The Balaban J connectivity index is 1.88. The van der Waals surface area contributed by atoms with Gasteiger partial charge in [-0.25, -0.2) is 0 Å². The van der Waals surface area contributed by atoms with E-state index in [2.05, 4.69) is 46.4 Å². The molecule has 180 valence electrons. The Morgan fingerprint density at radius 3 is 2.50 bits per heavy atom. The van der Waals surface area contributed by atoms with Gasteiger partial charge in [-0.1, -0.05) is 64.2 Å². The molecule has 0 bridgehead atoms. The largest absolute Gasteiger partial charge is 0.393 e. The van der Waals surface area contributed by atoms with E-state index in [1.165, 1.54) is 5.57 Å². The summed E-state index contributed by atoms with van der Waals surface area (Å²) >= 11 is 0. The van der Waals surface area contributed by atoms with Crippen LogP contribution in [0.2, 0.25) is 0 Å². The van der Waals surface area contributed by atoms with Crippen LogP contribution in [0.4, 0.5) is 0 Å². The summed E-state index contributed by atoms with van der Waals surface area (Å²) in [5.41, 5.74) is -0.00651. The van der Waals surface area contributed by atoms with E-state index in [4.69, 9.17) is 0 Å². The van der Waals surface area contributed by atoms with E-state index in [1.807, 2.05) is 12.2 Å². The summed E-state index contributed by atoms with van der Waals surface area (Å²) in [6.45, 7) is 14.4. The molecule has 0 heterocycles. The van der Waals surface area contributed by atoms with Gasteiger partial charge in [-0.3, -0.25) is 0 Å². The second kappa shape index (κ2) is 9.21. The Bertz CT molecular complexity index is 804. The van der Waals surface area contributed by atoms with Crippen LogP contribution in [0.25, 0.3) is 0 Å². The number of hydrogen-bond acceptors (Lipinski definition) is 4. The lowest BCUT2D eigenvalue weighted by Crippen LogP contribution is -2.60. The van der Waals surface area contributed by atoms with Crippen LogP contribution in [0.1, 0.15) is 79.6 Å². The Labute approximate surface area is 194 Å². The molecule has 4 heteroatoms. The molecule has 7 atom stereocenters. The third-order valence-electron chi connectivity index (χ3n) is 9.00. The number of rotatable bonds is 5. The summed E-state index contributed by atoms with van der Waals surface area (Å²) in [6, 6.07) is 0. The minimum atomic E-state index is -1.30. The van der Waals surface area contributed by atoms with Crippen molar-refractivity contribution in [1.82, 2.24) is 0 Å². The lowest BCUT2D eigenvalue weighted by Gasteiger charge is -2.52. The summed E-state index contributed by atoms with van der Waals surface area (Å²) < 4.78 is 0. The highest BCUT2D eigenvalue weighted by atomic mass is 16.4. The maximum Gasteiger partial charge on any atom is 0.109 e. The highest BCUT2D eigenvalue weighted by Crippen LogP contribution is 2.62. The monoisotopic (exact) mass is 444 g/mol. The quantitative estimate of drug-likeness (QED) is 0.457. The average Bonchev–Trinajstić information content (AvgIpc) is 3.00. The van der Waals surface area contributed by atoms with Crippen LogP contribution in [-0.2, 0) is 0 Å². The molecule has 0 radical (unpaired) electrons. The molecular weight excluding hydrogens is 400 g/mol. The standard InChI is InChI=1S/C28H44O4/c1-18(2)19(3)11-14-27(6,31)28(32)15-12-24-21(8-7-13-26(24,28)5)9-10-22-16-23(29)17-25(30)20(22)4/h9-11,14,18-19,23-25,29-32H,4,7-8,12-13,15-17H2,1-3,5-6H3/t19-,23+,24?,25+,26-,27-,28-/m0/s1. The molecule has 3 rings (SSSR count). The zero-order valence-electron chi connectivity index (χ0n) is 20.6. The van der Waals surface area contributed by atoms with E-state index in [0.29, 0.717) is 36.7 Å². The first-order chi connectivity index (χ1) is 14.8. The van der Waals surface area contributed by atoms with Crippen molar-refractivity contribution >= 4 is 0 Å². The minimum absolute atomic E-state index is 0.201. The van der Waals surface area contributed by atoms with Crippen LogP contribution in [0.15, 0.2) is 47.6 Å². The van der Waals surface area contributed by atoms with Crippen molar-refractivity contribution in [2.75, 3.05) is 0 Å². The van der Waals surface area contributed by atoms with E-state index in [9.17, 15) is 20.4 Å². The molecule has 3 aliphatic carbocycles. The number of fused-ring (bicyclic) bond motifs is 1. The molecular formula is C28H44O4.